The third-order valence-electron chi connectivity index (χ3n) is 5.31. The standard InChI is InChI=1S/C17H38O4Si/c1-12(9-10-18)16(14(3)15(20)13(2)11-19)21-22(7,8)17(4,5)6/h12-16,18-20H,9-11H2,1-8H3/t12-,13?,14+,15-,16+/m0/s1. The van der Waals surface area contributed by atoms with Gasteiger partial charge in [0.1, 0.15) is 0 Å². The van der Waals surface area contributed by atoms with Crippen LogP contribution in [0.2, 0.25) is 18.1 Å². The lowest BCUT2D eigenvalue weighted by molar-refractivity contribution is -0.0357. The number of rotatable bonds is 9. The van der Waals surface area contributed by atoms with Crippen LogP contribution in [-0.2, 0) is 4.43 Å². The molecule has 0 amide bonds. The average molecular weight is 335 g/mol. The van der Waals surface area contributed by atoms with E-state index in [9.17, 15) is 15.3 Å². The highest BCUT2D eigenvalue weighted by molar-refractivity contribution is 6.74. The van der Waals surface area contributed by atoms with Crippen LogP contribution in [0.15, 0.2) is 0 Å². The summed E-state index contributed by atoms with van der Waals surface area (Å²) in [6.07, 6.45) is -0.0675. The molecule has 0 bridgehead atoms. The molecule has 22 heavy (non-hydrogen) atoms. The first kappa shape index (κ1) is 22.1. The normalized spacial score (nSPS) is 20.3. The molecule has 0 radical (unpaired) electrons. The van der Waals surface area contributed by atoms with Gasteiger partial charge in [-0.05, 0) is 30.5 Å². The van der Waals surface area contributed by atoms with E-state index in [1.807, 2.05) is 13.8 Å². The monoisotopic (exact) mass is 334 g/mol. The highest BCUT2D eigenvalue weighted by Gasteiger charge is 2.42. The van der Waals surface area contributed by atoms with Crippen LogP contribution in [0.25, 0.3) is 0 Å². The van der Waals surface area contributed by atoms with E-state index in [-0.39, 0.29) is 42.1 Å². The van der Waals surface area contributed by atoms with Gasteiger partial charge in [0.25, 0.3) is 0 Å². The summed E-state index contributed by atoms with van der Waals surface area (Å²) >= 11 is 0. The molecular formula is C17H38O4Si. The molecule has 0 aliphatic heterocycles. The van der Waals surface area contributed by atoms with Gasteiger partial charge in [-0.1, -0.05) is 41.5 Å². The number of aliphatic hydroxyl groups is 3. The first-order chi connectivity index (χ1) is 9.89. The molecule has 134 valence electrons. The molecular weight excluding hydrogens is 296 g/mol. The maximum atomic E-state index is 10.5. The molecule has 3 N–H and O–H groups in total. The summed E-state index contributed by atoms with van der Waals surface area (Å²) in [5, 5.41) is 29.2. The Labute approximate surface area is 138 Å². The fourth-order valence-corrected chi connectivity index (χ4v) is 3.93. The lowest BCUT2D eigenvalue weighted by Crippen LogP contribution is -2.50. The molecule has 0 aliphatic rings. The van der Waals surface area contributed by atoms with E-state index >= 15 is 0 Å². The molecule has 0 aromatic rings. The van der Waals surface area contributed by atoms with Gasteiger partial charge in [0, 0.05) is 25.0 Å². The van der Waals surface area contributed by atoms with Crippen molar-refractivity contribution >= 4 is 8.32 Å². The van der Waals surface area contributed by atoms with E-state index < -0.39 is 14.4 Å². The van der Waals surface area contributed by atoms with Crippen molar-refractivity contribution in [3.63, 3.8) is 0 Å². The smallest absolute Gasteiger partial charge is 0.192 e. The molecule has 0 heterocycles. The van der Waals surface area contributed by atoms with Crippen LogP contribution < -0.4 is 0 Å². The Hall–Kier alpha value is 0.0569. The van der Waals surface area contributed by atoms with Gasteiger partial charge < -0.3 is 19.7 Å². The predicted molar refractivity (Wildman–Crippen MR) is 94.4 cm³/mol. The Kier molecular flexibility index (Phi) is 8.80. The minimum absolute atomic E-state index is 0.0350. The molecule has 0 rings (SSSR count). The Morgan fingerprint density at radius 3 is 1.86 bits per heavy atom. The van der Waals surface area contributed by atoms with Crippen molar-refractivity contribution in [1.29, 1.82) is 0 Å². The molecule has 0 aromatic carbocycles. The minimum Gasteiger partial charge on any atom is -0.413 e. The van der Waals surface area contributed by atoms with Crippen molar-refractivity contribution in [2.24, 2.45) is 17.8 Å². The van der Waals surface area contributed by atoms with Gasteiger partial charge in [-0.25, -0.2) is 0 Å². The van der Waals surface area contributed by atoms with Gasteiger partial charge in [-0.2, -0.15) is 0 Å². The SMILES string of the molecule is CC(CO)[C@H](O)[C@@H](C)[C@H](O[Si](C)(C)C(C)(C)C)[C@@H](C)CCO. The number of aliphatic hydroxyl groups excluding tert-OH is 3. The second kappa shape index (κ2) is 8.78. The van der Waals surface area contributed by atoms with Crippen LogP contribution in [0.5, 0.6) is 0 Å². The minimum atomic E-state index is -1.97. The molecule has 0 fully saturated rings. The zero-order chi connectivity index (χ0) is 17.7. The van der Waals surface area contributed by atoms with Crippen LogP contribution >= 0.6 is 0 Å². The fourth-order valence-electron chi connectivity index (χ4n) is 2.45. The molecule has 5 atom stereocenters. The van der Waals surface area contributed by atoms with Crippen molar-refractivity contribution in [3.8, 4) is 0 Å². The second-order valence-electron chi connectivity index (χ2n) is 8.34. The lowest BCUT2D eigenvalue weighted by Gasteiger charge is -2.44. The molecule has 0 saturated carbocycles. The molecule has 0 aliphatic carbocycles. The van der Waals surface area contributed by atoms with Crippen LogP contribution in [0.4, 0.5) is 0 Å². The lowest BCUT2D eigenvalue weighted by atomic mass is 9.83. The first-order valence-electron chi connectivity index (χ1n) is 8.46. The molecule has 0 saturated heterocycles. The van der Waals surface area contributed by atoms with Crippen molar-refractivity contribution in [1.82, 2.24) is 0 Å². The van der Waals surface area contributed by atoms with Gasteiger partial charge in [0.2, 0.25) is 0 Å². The summed E-state index contributed by atoms with van der Waals surface area (Å²) < 4.78 is 6.58. The second-order valence-corrected chi connectivity index (χ2v) is 13.1. The summed E-state index contributed by atoms with van der Waals surface area (Å²) in [6.45, 7) is 17.0. The van der Waals surface area contributed by atoms with Crippen molar-refractivity contribution in [3.05, 3.63) is 0 Å². The van der Waals surface area contributed by atoms with Crippen molar-refractivity contribution < 1.29 is 19.7 Å². The van der Waals surface area contributed by atoms with E-state index in [4.69, 9.17) is 4.43 Å². The van der Waals surface area contributed by atoms with Crippen molar-refractivity contribution in [2.45, 2.75) is 78.3 Å². The van der Waals surface area contributed by atoms with Crippen molar-refractivity contribution in [2.75, 3.05) is 13.2 Å². The summed E-state index contributed by atoms with van der Waals surface area (Å²) in [5.74, 6) is -0.102. The maximum absolute atomic E-state index is 10.5. The summed E-state index contributed by atoms with van der Waals surface area (Å²) in [4.78, 5) is 0. The number of hydrogen-bond donors (Lipinski definition) is 3. The third kappa shape index (κ3) is 5.93. The highest BCUT2D eigenvalue weighted by Crippen LogP contribution is 2.40. The van der Waals surface area contributed by atoms with E-state index in [1.54, 1.807) is 0 Å². The van der Waals surface area contributed by atoms with E-state index in [0.29, 0.717) is 6.42 Å². The quantitative estimate of drug-likeness (QED) is 0.567. The Balaban J connectivity index is 5.30. The summed E-state index contributed by atoms with van der Waals surface area (Å²) in [5.41, 5.74) is 0. The molecule has 0 aromatic heterocycles. The maximum Gasteiger partial charge on any atom is 0.192 e. The van der Waals surface area contributed by atoms with Gasteiger partial charge in [0.15, 0.2) is 8.32 Å². The third-order valence-corrected chi connectivity index (χ3v) is 9.78. The molecule has 1 unspecified atom stereocenters. The van der Waals surface area contributed by atoms with E-state index in [1.165, 1.54) is 0 Å². The van der Waals surface area contributed by atoms with E-state index in [2.05, 4.69) is 40.8 Å². The summed E-state index contributed by atoms with van der Waals surface area (Å²) in [7, 11) is -1.97. The van der Waals surface area contributed by atoms with Gasteiger partial charge >= 0.3 is 0 Å². The zero-order valence-corrected chi connectivity index (χ0v) is 16.8. The predicted octanol–water partition coefficient (Wildman–Crippen LogP) is 3.02. The van der Waals surface area contributed by atoms with Crippen LogP contribution in [-0.4, -0.2) is 49.1 Å². The average Bonchev–Trinajstić information content (AvgIpc) is 2.41. The first-order valence-corrected chi connectivity index (χ1v) is 11.4. The Morgan fingerprint density at radius 2 is 1.50 bits per heavy atom. The number of hydrogen-bond acceptors (Lipinski definition) is 4. The van der Waals surface area contributed by atoms with Crippen LogP contribution in [0.3, 0.4) is 0 Å². The Bertz CT molecular complexity index is 314. The zero-order valence-electron chi connectivity index (χ0n) is 15.8. The largest absolute Gasteiger partial charge is 0.413 e. The topological polar surface area (TPSA) is 69.9 Å². The van der Waals surface area contributed by atoms with Gasteiger partial charge in [-0.15, -0.1) is 0 Å². The molecule has 0 spiro atoms. The van der Waals surface area contributed by atoms with Crippen LogP contribution in [0, 0.1) is 17.8 Å². The van der Waals surface area contributed by atoms with Gasteiger partial charge in [0.05, 0.1) is 12.2 Å². The Morgan fingerprint density at radius 1 is 1.00 bits per heavy atom. The van der Waals surface area contributed by atoms with E-state index in [0.717, 1.165) is 0 Å². The fraction of sp³-hybridized carbons (Fsp3) is 1.00. The molecule has 5 heteroatoms. The highest BCUT2D eigenvalue weighted by atomic mass is 28.4. The van der Waals surface area contributed by atoms with Crippen LogP contribution in [0.1, 0.15) is 48.0 Å². The van der Waals surface area contributed by atoms with Gasteiger partial charge in [-0.3, -0.25) is 0 Å². The summed E-state index contributed by atoms with van der Waals surface area (Å²) in [6, 6.07) is 0. The molecule has 4 nitrogen and oxygen atoms in total.